The summed E-state index contributed by atoms with van der Waals surface area (Å²) in [6.45, 7) is 0. The number of H-pyrrole nitrogens is 1. The summed E-state index contributed by atoms with van der Waals surface area (Å²) in [5, 5.41) is 12.0. The number of nitrogens with zero attached hydrogens (tertiary/aromatic N) is 2. The number of hydrogen-bond donors (Lipinski definition) is 3. The Morgan fingerprint density at radius 3 is 2.26 bits per heavy atom. The van der Waals surface area contributed by atoms with Crippen molar-refractivity contribution in [1.29, 1.82) is 0 Å². The standard InChI is InChI=1S/C15H15N5O2S/c16-13-3-1-2-4-14(13)20(15-9-10-18-19-15)11-5-7-12(8-6-11)23(17,21)22/h1-10H,16H2,(H,18,19)(H2,17,21,22). The van der Waals surface area contributed by atoms with Crippen LogP contribution in [0.4, 0.5) is 22.9 Å². The molecule has 0 saturated carbocycles. The highest BCUT2D eigenvalue weighted by atomic mass is 32.2. The summed E-state index contributed by atoms with van der Waals surface area (Å²) in [7, 11) is -3.74. The van der Waals surface area contributed by atoms with E-state index in [4.69, 9.17) is 10.9 Å². The number of nitrogens with one attached hydrogen (secondary N) is 1. The molecule has 5 N–H and O–H groups in total. The normalized spacial score (nSPS) is 11.3. The highest BCUT2D eigenvalue weighted by Gasteiger charge is 2.16. The van der Waals surface area contributed by atoms with Crippen molar-refractivity contribution in [3.8, 4) is 0 Å². The molecular formula is C15H15N5O2S. The molecule has 23 heavy (non-hydrogen) atoms. The Kier molecular flexibility index (Phi) is 3.77. The first-order valence-electron chi connectivity index (χ1n) is 6.74. The van der Waals surface area contributed by atoms with Crippen LogP contribution in [0.2, 0.25) is 0 Å². The van der Waals surface area contributed by atoms with E-state index in [2.05, 4.69) is 10.2 Å². The predicted molar refractivity (Wildman–Crippen MR) is 89.1 cm³/mol. The van der Waals surface area contributed by atoms with Crippen molar-refractivity contribution < 1.29 is 8.42 Å². The van der Waals surface area contributed by atoms with Gasteiger partial charge in [0, 0.05) is 11.8 Å². The van der Waals surface area contributed by atoms with E-state index >= 15 is 0 Å². The molecule has 0 radical (unpaired) electrons. The molecule has 2 aromatic carbocycles. The summed E-state index contributed by atoms with van der Waals surface area (Å²) < 4.78 is 22.8. The molecule has 7 nitrogen and oxygen atoms in total. The van der Waals surface area contributed by atoms with Crippen LogP contribution in [0.5, 0.6) is 0 Å². The number of benzene rings is 2. The minimum absolute atomic E-state index is 0.0480. The van der Waals surface area contributed by atoms with Crippen LogP contribution in [-0.2, 0) is 10.0 Å². The van der Waals surface area contributed by atoms with Gasteiger partial charge in [0.2, 0.25) is 10.0 Å². The van der Waals surface area contributed by atoms with Crippen molar-refractivity contribution in [2.45, 2.75) is 4.90 Å². The molecule has 0 aliphatic heterocycles. The molecule has 0 unspecified atom stereocenters. The maximum absolute atomic E-state index is 11.4. The van der Waals surface area contributed by atoms with Gasteiger partial charge in [-0.3, -0.25) is 10.00 Å². The molecular weight excluding hydrogens is 314 g/mol. The molecule has 8 heteroatoms. The third-order valence-electron chi connectivity index (χ3n) is 3.33. The van der Waals surface area contributed by atoms with Crippen LogP contribution in [0.1, 0.15) is 0 Å². The van der Waals surface area contributed by atoms with E-state index in [1.54, 1.807) is 30.5 Å². The number of aromatic amines is 1. The molecule has 3 aromatic rings. The zero-order valence-corrected chi connectivity index (χ0v) is 12.9. The molecule has 0 saturated heterocycles. The van der Waals surface area contributed by atoms with Crippen LogP contribution in [-0.4, -0.2) is 18.6 Å². The summed E-state index contributed by atoms with van der Waals surface area (Å²) in [6.07, 6.45) is 1.63. The average Bonchev–Trinajstić information content (AvgIpc) is 3.03. The Balaban J connectivity index is 2.12. The molecule has 1 aromatic heterocycles. The van der Waals surface area contributed by atoms with Crippen molar-refractivity contribution in [3.05, 3.63) is 60.8 Å². The van der Waals surface area contributed by atoms with Gasteiger partial charge >= 0.3 is 0 Å². The first kappa shape index (κ1) is 15.1. The highest BCUT2D eigenvalue weighted by molar-refractivity contribution is 7.89. The second kappa shape index (κ2) is 5.75. The Morgan fingerprint density at radius 2 is 1.70 bits per heavy atom. The molecule has 0 amide bonds. The average molecular weight is 329 g/mol. The lowest BCUT2D eigenvalue weighted by Crippen LogP contribution is -2.14. The summed E-state index contributed by atoms with van der Waals surface area (Å²) in [6, 6.07) is 15.4. The van der Waals surface area contributed by atoms with Gasteiger partial charge in [-0.1, -0.05) is 12.1 Å². The second-order valence-corrected chi connectivity index (χ2v) is 6.44. The van der Waals surface area contributed by atoms with Crippen LogP contribution < -0.4 is 15.8 Å². The van der Waals surface area contributed by atoms with Crippen LogP contribution >= 0.6 is 0 Å². The molecule has 0 aliphatic rings. The third-order valence-corrected chi connectivity index (χ3v) is 4.26. The van der Waals surface area contributed by atoms with E-state index in [-0.39, 0.29) is 4.90 Å². The number of hydrogen-bond acceptors (Lipinski definition) is 5. The zero-order valence-electron chi connectivity index (χ0n) is 12.0. The fourth-order valence-corrected chi connectivity index (χ4v) is 2.77. The Labute approximate surface area is 133 Å². The van der Waals surface area contributed by atoms with Gasteiger partial charge in [-0.25, -0.2) is 13.6 Å². The summed E-state index contributed by atoms with van der Waals surface area (Å²) in [5.74, 6) is 0.700. The van der Waals surface area contributed by atoms with Gasteiger partial charge in [-0.05, 0) is 36.4 Å². The molecule has 0 fully saturated rings. The van der Waals surface area contributed by atoms with Crippen LogP contribution in [0.25, 0.3) is 0 Å². The molecule has 0 aliphatic carbocycles. The smallest absolute Gasteiger partial charge is 0.238 e. The minimum atomic E-state index is -3.74. The van der Waals surface area contributed by atoms with Crippen molar-refractivity contribution in [2.75, 3.05) is 10.6 Å². The van der Waals surface area contributed by atoms with Gasteiger partial charge in [-0.2, -0.15) is 5.10 Å². The van der Waals surface area contributed by atoms with Gasteiger partial charge in [0.25, 0.3) is 0 Å². The van der Waals surface area contributed by atoms with E-state index in [1.165, 1.54) is 12.1 Å². The Morgan fingerprint density at radius 1 is 1.00 bits per heavy atom. The fourth-order valence-electron chi connectivity index (χ4n) is 2.26. The number of sulfonamides is 1. The lowest BCUT2D eigenvalue weighted by molar-refractivity contribution is 0.598. The number of anilines is 4. The topological polar surface area (TPSA) is 118 Å². The number of para-hydroxylation sites is 2. The molecule has 118 valence electrons. The molecule has 3 rings (SSSR count). The minimum Gasteiger partial charge on any atom is -0.397 e. The molecule has 0 spiro atoms. The van der Waals surface area contributed by atoms with E-state index in [9.17, 15) is 8.42 Å². The summed E-state index contributed by atoms with van der Waals surface area (Å²) >= 11 is 0. The molecule has 0 bridgehead atoms. The van der Waals surface area contributed by atoms with E-state index in [1.807, 2.05) is 23.1 Å². The van der Waals surface area contributed by atoms with E-state index in [0.717, 1.165) is 11.4 Å². The lowest BCUT2D eigenvalue weighted by atomic mass is 10.2. The van der Waals surface area contributed by atoms with Gasteiger partial charge in [0.05, 0.1) is 22.5 Å². The number of nitrogen functional groups attached to an aromatic ring is 1. The zero-order chi connectivity index (χ0) is 16.4. The maximum atomic E-state index is 11.4. The molecule has 0 atom stereocenters. The number of primary sulfonamides is 1. The van der Waals surface area contributed by atoms with Crippen molar-refractivity contribution in [1.82, 2.24) is 10.2 Å². The van der Waals surface area contributed by atoms with Crippen LogP contribution in [0.15, 0.2) is 65.7 Å². The quantitative estimate of drug-likeness (QED) is 0.634. The molecule has 1 heterocycles. The summed E-state index contributed by atoms with van der Waals surface area (Å²) in [4.78, 5) is 1.89. The van der Waals surface area contributed by atoms with Crippen LogP contribution in [0, 0.1) is 0 Å². The SMILES string of the molecule is Nc1ccccc1N(c1ccc(S(N)(=O)=O)cc1)c1ccn[nH]1. The first-order chi connectivity index (χ1) is 11.0. The Hall–Kier alpha value is -2.84. The van der Waals surface area contributed by atoms with Crippen molar-refractivity contribution in [2.24, 2.45) is 5.14 Å². The van der Waals surface area contributed by atoms with Gasteiger partial charge in [-0.15, -0.1) is 0 Å². The largest absolute Gasteiger partial charge is 0.397 e. The predicted octanol–water partition coefficient (Wildman–Crippen LogP) is 2.11. The maximum Gasteiger partial charge on any atom is 0.238 e. The first-order valence-corrected chi connectivity index (χ1v) is 8.28. The highest BCUT2D eigenvalue weighted by Crippen LogP contribution is 2.36. The lowest BCUT2D eigenvalue weighted by Gasteiger charge is -2.24. The van der Waals surface area contributed by atoms with Gasteiger partial charge in [0.15, 0.2) is 0 Å². The van der Waals surface area contributed by atoms with Crippen molar-refractivity contribution >= 4 is 32.9 Å². The van der Waals surface area contributed by atoms with Crippen molar-refractivity contribution in [3.63, 3.8) is 0 Å². The fraction of sp³-hybridized carbons (Fsp3) is 0. The summed E-state index contributed by atoms with van der Waals surface area (Å²) in [5.41, 5.74) is 8.13. The number of aromatic nitrogens is 2. The third kappa shape index (κ3) is 3.03. The number of rotatable bonds is 4. The monoisotopic (exact) mass is 329 g/mol. The van der Waals surface area contributed by atoms with Gasteiger partial charge < -0.3 is 5.73 Å². The van der Waals surface area contributed by atoms with E-state index in [0.29, 0.717) is 11.5 Å². The van der Waals surface area contributed by atoms with E-state index < -0.39 is 10.0 Å². The van der Waals surface area contributed by atoms with Gasteiger partial charge in [0.1, 0.15) is 5.82 Å². The Bertz CT molecular complexity index is 905. The second-order valence-electron chi connectivity index (χ2n) is 4.88. The number of nitrogens with two attached hydrogens (primary N) is 2. The van der Waals surface area contributed by atoms with Crippen LogP contribution in [0.3, 0.4) is 0 Å².